The molecule has 9 N–H and O–H groups in total. The molecule has 0 bridgehead atoms. The molecule has 0 saturated heterocycles. The Kier molecular flexibility index (Phi) is 19.6. The summed E-state index contributed by atoms with van der Waals surface area (Å²) in [4.78, 5) is 56.6. The normalized spacial score (nSPS) is 11.0. The van der Waals surface area contributed by atoms with Gasteiger partial charge in [0, 0.05) is 17.1 Å². The van der Waals surface area contributed by atoms with E-state index in [-0.39, 0.29) is 28.7 Å². The second kappa shape index (κ2) is 27.2. The molecule has 4 heterocycles. The molecule has 3 amide bonds. The Morgan fingerprint density at radius 1 is 0.440 bits per heavy atom. The van der Waals surface area contributed by atoms with Crippen molar-refractivity contribution in [2.24, 2.45) is 5.84 Å². The first-order valence-corrected chi connectivity index (χ1v) is 23.5. The summed E-state index contributed by atoms with van der Waals surface area (Å²) in [6, 6.07) is 33.6. The molecule has 0 aliphatic rings. The summed E-state index contributed by atoms with van der Waals surface area (Å²) in [5.41, 5.74) is 8.26. The Morgan fingerprint density at radius 2 is 0.833 bits per heavy atom. The number of hydrogen-bond acceptors (Lipinski definition) is 17. The number of amides is 3. The largest absolute Gasteiger partial charge is 0.476 e. The topological polar surface area (TPSA) is 304 Å². The molecule has 0 unspecified atom stereocenters. The molecule has 432 valence electrons. The average Bonchev–Trinajstić information content (AvgIpc) is 4.42. The molecule has 0 spiro atoms. The number of hydrazine groups is 2. The number of oxazole rings is 3. The molecule has 0 saturated carbocycles. The zero-order valence-electron chi connectivity index (χ0n) is 42.2. The number of nitrogens with two attached hydrogens (primary N) is 1. The van der Waals surface area contributed by atoms with Crippen molar-refractivity contribution in [3.05, 3.63) is 223 Å². The minimum absolute atomic E-state index is 0.0172. The van der Waals surface area contributed by atoms with Gasteiger partial charge in [0.15, 0.2) is 36.3 Å². The van der Waals surface area contributed by atoms with E-state index in [2.05, 4.69) is 60.8 Å². The maximum Gasteiger partial charge on any atom is 0.416 e. The smallest absolute Gasteiger partial charge is 0.416 e. The molecule has 0 fully saturated rings. The van der Waals surface area contributed by atoms with Crippen LogP contribution in [0.5, 0.6) is 0 Å². The number of carbonyl (C=O) groups is 4. The summed E-state index contributed by atoms with van der Waals surface area (Å²) in [5.74, 6) is 2.65. The fourth-order valence-electron chi connectivity index (χ4n) is 6.77. The number of halogens is 9. The minimum atomic E-state index is -4.43. The number of aromatic carboxylic acids is 1. The highest BCUT2D eigenvalue weighted by Crippen LogP contribution is 2.35. The molecule has 84 heavy (non-hydrogen) atoms. The van der Waals surface area contributed by atoms with Crippen molar-refractivity contribution in [1.82, 2.24) is 41.4 Å². The first-order valence-electron chi connectivity index (χ1n) is 23.5. The van der Waals surface area contributed by atoms with E-state index in [9.17, 15) is 58.7 Å². The van der Waals surface area contributed by atoms with E-state index in [0.29, 0.717) is 50.9 Å². The average molecular weight is 1170 g/mol. The SMILES string of the molecule is FC(F)(F)c1ccc(Nc2ccccc2-c2nnc(-c3cocn3)o2)cc1.NNC(=O)c1ccccc1Nc1ccc(C(F)(F)F)cc1.O=C(NNC(=O)c1ccccc1Nc1ccc(C(F)(F)F)cc1)c1cocn1.O=C(O)c1cocn1. The third-order valence-corrected chi connectivity index (χ3v) is 10.8. The van der Waals surface area contributed by atoms with E-state index in [1.165, 1.54) is 55.1 Å². The molecule has 4 aromatic heterocycles. The highest BCUT2D eigenvalue weighted by molar-refractivity contribution is 6.02. The molecule has 21 nitrogen and oxygen atoms in total. The number of alkyl halides is 9. The molecule has 10 aromatic rings. The van der Waals surface area contributed by atoms with Crippen LogP contribution < -0.4 is 38.1 Å². The van der Waals surface area contributed by atoms with Crippen LogP contribution in [-0.2, 0) is 18.5 Å². The van der Waals surface area contributed by atoms with Crippen LogP contribution in [0.15, 0.2) is 201 Å². The maximum atomic E-state index is 12.7. The van der Waals surface area contributed by atoms with Crippen LogP contribution in [-0.4, -0.2) is 53.9 Å². The summed E-state index contributed by atoms with van der Waals surface area (Å²) >= 11 is 0. The quantitative estimate of drug-likeness (QED) is 0.0244. The monoisotopic (exact) mass is 1170 g/mol. The number of hydrogen-bond donors (Lipinski definition) is 8. The minimum Gasteiger partial charge on any atom is -0.476 e. The standard InChI is InChI=1S/C18H13F3N4O3.C18H11F3N4O2.C14H12F3N3O.C4H3NO3/c19-18(20,21)11-5-7-12(8-6-11)23-14-4-2-1-3-13(14)16(26)24-25-17(27)15-9-28-10-22-15;19-18(20,21)11-5-7-12(8-6-11)23-14-4-2-1-3-13(14)16-24-25-17(27-16)15-9-26-10-22-15;15-14(16,17)9-5-7-10(8-6-9)19-12-4-2-1-3-11(12)13(21)20-18;6-4(7)3-1-8-2-5-3/h1-10,23H,(H,24,26)(H,25,27);1-10,23H;1-8,19H,18H2,(H,20,21);1-2H,(H,6,7). The van der Waals surface area contributed by atoms with Crippen molar-refractivity contribution in [2.45, 2.75) is 18.5 Å². The third-order valence-electron chi connectivity index (χ3n) is 10.8. The number of carbonyl (C=O) groups excluding carboxylic acids is 3. The van der Waals surface area contributed by atoms with Gasteiger partial charge in [0.1, 0.15) is 18.8 Å². The van der Waals surface area contributed by atoms with Gasteiger partial charge in [-0.2, -0.15) is 39.5 Å². The molecular weight excluding hydrogens is 1130 g/mol. The molecule has 0 radical (unpaired) electrons. The first kappa shape index (κ1) is 60.3. The van der Waals surface area contributed by atoms with Crippen LogP contribution >= 0.6 is 0 Å². The van der Waals surface area contributed by atoms with E-state index >= 15 is 0 Å². The fourth-order valence-corrected chi connectivity index (χ4v) is 6.77. The Labute approximate surface area is 465 Å². The van der Waals surface area contributed by atoms with Crippen molar-refractivity contribution < 1.29 is 81.5 Å². The number of carboxylic acid groups (broad SMARTS) is 1. The van der Waals surface area contributed by atoms with Crippen LogP contribution in [0.3, 0.4) is 0 Å². The Hall–Kier alpha value is -11.3. The molecule has 10 rings (SSSR count). The predicted octanol–water partition coefficient (Wildman–Crippen LogP) is 12.1. The van der Waals surface area contributed by atoms with E-state index in [1.807, 2.05) is 5.43 Å². The molecule has 30 heteroatoms. The summed E-state index contributed by atoms with van der Waals surface area (Å²) in [7, 11) is 0. The van der Waals surface area contributed by atoms with Crippen LogP contribution in [0.1, 0.15) is 58.4 Å². The van der Waals surface area contributed by atoms with Gasteiger partial charge in [0.25, 0.3) is 23.6 Å². The number of carboxylic acids is 1. The van der Waals surface area contributed by atoms with E-state index in [1.54, 1.807) is 66.7 Å². The van der Waals surface area contributed by atoms with Gasteiger partial charge in [0.2, 0.25) is 5.89 Å². The molecule has 0 aliphatic heterocycles. The highest BCUT2D eigenvalue weighted by Gasteiger charge is 2.32. The van der Waals surface area contributed by atoms with Gasteiger partial charge in [-0.1, -0.05) is 36.4 Å². The Morgan fingerprint density at radius 3 is 1.25 bits per heavy atom. The second-order valence-electron chi connectivity index (χ2n) is 16.5. The van der Waals surface area contributed by atoms with Crippen LogP contribution in [0.2, 0.25) is 0 Å². The summed E-state index contributed by atoms with van der Waals surface area (Å²) in [5, 5.41) is 24.9. The number of aromatic nitrogens is 5. The Bertz CT molecular complexity index is 3750. The summed E-state index contributed by atoms with van der Waals surface area (Å²) in [6.07, 6.45) is -6.23. The fraction of sp³-hybridized carbons (Fsp3) is 0.0556. The number of anilines is 6. The van der Waals surface area contributed by atoms with Crippen molar-refractivity contribution >= 4 is 57.8 Å². The maximum absolute atomic E-state index is 12.7. The molecule has 0 aliphatic carbocycles. The van der Waals surface area contributed by atoms with Gasteiger partial charge >= 0.3 is 24.5 Å². The second-order valence-corrected chi connectivity index (χ2v) is 16.5. The Balaban J connectivity index is 0.000000171. The molecule has 0 atom stereocenters. The predicted molar refractivity (Wildman–Crippen MR) is 279 cm³/mol. The van der Waals surface area contributed by atoms with Crippen LogP contribution in [0.4, 0.5) is 73.6 Å². The summed E-state index contributed by atoms with van der Waals surface area (Å²) < 4.78 is 133. The third kappa shape index (κ3) is 16.9. The number of nitrogens with one attached hydrogen (secondary N) is 6. The van der Waals surface area contributed by atoms with Crippen LogP contribution in [0.25, 0.3) is 23.0 Å². The number of benzene rings is 6. The molecular formula is C54H39F9N12O9. The zero-order chi connectivity index (χ0) is 60.4. The number of nitrogens with zero attached hydrogens (tertiary/aromatic N) is 5. The lowest BCUT2D eigenvalue weighted by molar-refractivity contribution is -0.138. The number of rotatable bonds is 12. The van der Waals surface area contributed by atoms with Crippen molar-refractivity contribution in [1.29, 1.82) is 0 Å². The highest BCUT2D eigenvalue weighted by atomic mass is 19.4. The van der Waals surface area contributed by atoms with Crippen LogP contribution in [0, 0.1) is 0 Å². The van der Waals surface area contributed by atoms with Crippen molar-refractivity contribution in [3.63, 3.8) is 0 Å². The van der Waals surface area contributed by atoms with Gasteiger partial charge in [0.05, 0.1) is 50.4 Å². The molecule has 6 aromatic carbocycles. The van der Waals surface area contributed by atoms with Gasteiger partial charge in [-0.15, -0.1) is 10.2 Å². The van der Waals surface area contributed by atoms with E-state index in [0.717, 1.165) is 61.7 Å². The lowest BCUT2D eigenvalue weighted by Crippen LogP contribution is -2.41. The van der Waals surface area contributed by atoms with Gasteiger partial charge in [-0.3, -0.25) is 30.7 Å². The number of para-hydroxylation sites is 3. The van der Waals surface area contributed by atoms with Gasteiger partial charge in [-0.25, -0.2) is 25.6 Å². The summed E-state index contributed by atoms with van der Waals surface area (Å²) in [6.45, 7) is 0. The zero-order valence-corrected chi connectivity index (χ0v) is 42.2. The first-order chi connectivity index (χ1) is 40.1. The van der Waals surface area contributed by atoms with E-state index in [4.69, 9.17) is 19.8 Å². The van der Waals surface area contributed by atoms with Gasteiger partial charge in [-0.05, 0) is 109 Å². The van der Waals surface area contributed by atoms with Crippen molar-refractivity contribution in [3.8, 4) is 23.0 Å². The number of nitrogen functional groups attached to an aromatic ring is 1. The van der Waals surface area contributed by atoms with Crippen molar-refractivity contribution in [2.75, 3.05) is 16.0 Å². The van der Waals surface area contributed by atoms with Gasteiger partial charge < -0.3 is 38.7 Å². The lowest BCUT2D eigenvalue weighted by atomic mass is 10.1. The lowest BCUT2D eigenvalue weighted by Gasteiger charge is -2.13. The van der Waals surface area contributed by atoms with E-state index < -0.39 is 58.9 Å².